The lowest BCUT2D eigenvalue weighted by Gasteiger charge is -2.23. The van der Waals surface area contributed by atoms with Gasteiger partial charge in [-0.1, -0.05) is 29.4 Å². The first-order valence-electron chi connectivity index (χ1n) is 8.34. The van der Waals surface area contributed by atoms with E-state index in [0.717, 1.165) is 27.8 Å². The number of nitrogens with one attached hydrogen (secondary N) is 1. The molecule has 136 valence electrons. The Kier molecular flexibility index (Phi) is 4.84. The normalized spacial score (nSPS) is 11.4. The van der Waals surface area contributed by atoms with Crippen LogP contribution in [-0.4, -0.2) is 18.4 Å². The summed E-state index contributed by atoms with van der Waals surface area (Å²) >= 11 is 0. The Bertz CT molecular complexity index is 913. The molecule has 0 fully saturated rings. The smallest absolute Gasteiger partial charge is 0.408 e. The van der Waals surface area contributed by atoms with E-state index in [4.69, 9.17) is 14.0 Å². The Balaban J connectivity index is 1.67. The van der Waals surface area contributed by atoms with Gasteiger partial charge in [-0.2, -0.15) is 0 Å². The molecule has 1 heterocycles. The molecule has 0 aliphatic rings. The van der Waals surface area contributed by atoms with Gasteiger partial charge in [0.25, 0.3) is 0 Å². The molecule has 6 heteroatoms. The van der Waals surface area contributed by atoms with Gasteiger partial charge >= 0.3 is 6.09 Å². The van der Waals surface area contributed by atoms with Crippen LogP contribution in [-0.2, 0) is 16.9 Å². The molecule has 2 aromatic carbocycles. The zero-order chi connectivity index (χ0) is 18.7. The van der Waals surface area contributed by atoms with E-state index >= 15 is 0 Å². The molecular weight excluding hydrogens is 332 g/mol. The zero-order valence-electron chi connectivity index (χ0n) is 15.3. The number of hydrogen-bond acceptors (Lipinski definition) is 5. The predicted molar refractivity (Wildman–Crippen MR) is 98.1 cm³/mol. The van der Waals surface area contributed by atoms with Gasteiger partial charge in [-0.05, 0) is 50.1 Å². The molecule has 0 radical (unpaired) electrons. The SMILES string of the molecule is COc1ccc(COC(=O)NC(C)(C)c2noc3c(C)cccc23)cc1. The van der Waals surface area contributed by atoms with Gasteiger partial charge in [0, 0.05) is 5.39 Å². The highest BCUT2D eigenvalue weighted by Crippen LogP contribution is 2.29. The third-order valence-electron chi connectivity index (χ3n) is 4.23. The van der Waals surface area contributed by atoms with Crippen LogP contribution in [0.4, 0.5) is 4.79 Å². The summed E-state index contributed by atoms with van der Waals surface area (Å²) in [5.41, 5.74) is 2.53. The molecule has 0 unspecified atom stereocenters. The number of fused-ring (bicyclic) bond motifs is 1. The minimum atomic E-state index is -0.740. The van der Waals surface area contributed by atoms with E-state index in [0.29, 0.717) is 5.69 Å². The number of benzene rings is 2. The summed E-state index contributed by atoms with van der Waals surface area (Å²) in [7, 11) is 1.61. The minimum Gasteiger partial charge on any atom is -0.497 e. The van der Waals surface area contributed by atoms with Gasteiger partial charge < -0.3 is 19.3 Å². The first-order chi connectivity index (χ1) is 12.4. The van der Waals surface area contributed by atoms with Gasteiger partial charge in [0.2, 0.25) is 0 Å². The summed E-state index contributed by atoms with van der Waals surface area (Å²) in [5, 5.41) is 7.89. The van der Waals surface area contributed by atoms with Crippen molar-refractivity contribution < 1.29 is 18.8 Å². The van der Waals surface area contributed by atoms with E-state index < -0.39 is 11.6 Å². The molecule has 0 saturated carbocycles. The molecule has 1 aromatic heterocycles. The summed E-state index contributed by atoms with van der Waals surface area (Å²) < 4.78 is 15.9. The molecule has 1 N–H and O–H groups in total. The van der Waals surface area contributed by atoms with Crippen LogP contribution in [0.25, 0.3) is 11.0 Å². The summed E-state index contributed by atoms with van der Waals surface area (Å²) in [6.45, 7) is 5.86. The number of hydrogen-bond donors (Lipinski definition) is 1. The van der Waals surface area contributed by atoms with Crippen LogP contribution in [0.1, 0.15) is 30.7 Å². The molecule has 0 bridgehead atoms. The highest BCUT2D eigenvalue weighted by Gasteiger charge is 2.29. The maximum absolute atomic E-state index is 12.2. The van der Waals surface area contributed by atoms with Crippen LogP contribution < -0.4 is 10.1 Å². The molecule has 3 rings (SSSR count). The number of alkyl carbamates (subject to hydrolysis) is 1. The Morgan fingerprint density at radius 1 is 1.19 bits per heavy atom. The summed E-state index contributed by atoms with van der Waals surface area (Å²) in [5.74, 6) is 0.757. The van der Waals surface area contributed by atoms with Gasteiger partial charge in [-0.3, -0.25) is 0 Å². The number of aromatic nitrogens is 1. The average molecular weight is 354 g/mol. The van der Waals surface area contributed by atoms with Gasteiger partial charge in [0.15, 0.2) is 5.58 Å². The fourth-order valence-electron chi connectivity index (χ4n) is 2.77. The summed E-state index contributed by atoms with van der Waals surface area (Å²) in [6.07, 6.45) is -0.519. The predicted octanol–water partition coefficient (Wildman–Crippen LogP) is 4.31. The molecule has 0 saturated heterocycles. The number of ether oxygens (including phenoxy) is 2. The maximum atomic E-state index is 12.2. The monoisotopic (exact) mass is 354 g/mol. The zero-order valence-corrected chi connectivity index (χ0v) is 15.3. The van der Waals surface area contributed by atoms with E-state index in [-0.39, 0.29) is 6.61 Å². The number of nitrogens with zero attached hydrogens (tertiary/aromatic N) is 1. The second-order valence-corrected chi connectivity index (χ2v) is 6.66. The standard InChI is InChI=1S/C20H22N2O4/c1-13-6-5-7-16-17(13)26-22-18(16)20(2,3)21-19(23)25-12-14-8-10-15(24-4)11-9-14/h5-11H,12H2,1-4H3,(H,21,23). The number of para-hydroxylation sites is 1. The fourth-order valence-corrected chi connectivity index (χ4v) is 2.77. The molecule has 6 nitrogen and oxygen atoms in total. The van der Waals surface area contributed by atoms with Crippen molar-refractivity contribution in [1.82, 2.24) is 10.5 Å². The highest BCUT2D eigenvalue weighted by molar-refractivity contribution is 5.83. The molecule has 1 amide bonds. The third-order valence-corrected chi connectivity index (χ3v) is 4.23. The topological polar surface area (TPSA) is 73.6 Å². The number of methoxy groups -OCH3 is 1. The van der Waals surface area contributed by atoms with Gasteiger partial charge in [-0.15, -0.1) is 0 Å². The lowest BCUT2D eigenvalue weighted by Crippen LogP contribution is -2.41. The molecular formula is C20H22N2O4. The second-order valence-electron chi connectivity index (χ2n) is 6.66. The van der Waals surface area contributed by atoms with E-state index in [9.17, 15) is 4.79 Å². The van der Waals surface area contributed by atoms with Crippen molar-refractivity contribution in [2.75, 3.05) is 7.11 Å². The van der Waals surface area contributed by atoms with E-state index in [2.05, 4.69) is 10.5 Å². The van der Waals surface area contributed by atoms with Crippen LogP contribution in [0.15, 0.2) is 47.0 Å². The van der Waals surface area contributed by atoms with Crippen LogP contribution in [0.5, 0.6) is 5.75 Å². The lowest BCUT2D eigenvalue weighted by atomic mass is 9.97. The number of aryl methyl sites for hydroxylation is 1. The van der Waals surface area contributed by atoms with Crippen molar-refractivity contribution in [3.05, 3.63) is 59.3 Å². The summed E-state index contributed by atoms with van der Waals surface area (Å²) in [6, 6.07) is 13.2. The first-order valence-corrected chi connectivity index (χ1v) is 8.34. The molecule has 0 atom stereocenters. The average Bonchev–Trinajstić information content (AvgIpc) is 3.06. The van der Waals surface area contributed by atoms with Crippen LogP contribution in [0.3, 0.4) is 0 Å². The number of carbonyl (C=O) groups is 1. The fraction of sp³-hybridized carbons (Fsp3) is 0.300. The van der Waals surface area contributed by atoms with Crippen molar-refractivity contribution >= 4 is 17.1 Å². The van der Waals surface area contributed by atoms with Gasteiger partial charge in [0.05, 0.1) is 12.6 Å². The number of carbonyl (C=O) groups excluding carboxylic acids is 1. The van der Waals surface area contributed by atoms with Crippen molar-refractivity contribution in [1.29, 1.82) is 0 Å². The Labute approximate surface area is 152 Å². The van der Waals surface area contributed by atoms with Crippen LogP contribution in [0, 0.1) is 6.92 Å². The van der Waals surface area contributed by atoms with Crippen LogP contribution in [0.2, 0.25) is 0 Å². The van der Waals surface area contributed by atoms with Crippen molar-refractivity contribution in [3.8, 4) is 5.75 Å². The minimum absolute atomic E-state index is 0.171. The molecule has 0 aliphatic carbocycles. The number of amides is 1. The van der Waals surface area contributed by atoms with E-state index in [1.165, 1.54) is 0 Å². The molecule has 3 aromatic rings. The van der Waals surface area contributed by atoms with E-state index in [1.807, 2.05) is 63.2 Å². The number of rotatable bonds is 5. The van der Waals surface area contributed by atoms with Crippen molar-refractivity contribution in [2.45, 2.75) is 32.9 Å². The lowest BCUT2D eigenvalue weighted by molar-refractivity contribution is 0.128. The Morgan fingerprint density at radius 2 is 1.92 bits per heavy atom. The van der Waals surface area contributed by atoms with Crippen molar-refractivity contribution in [3.63, 3.8) is 0 Å². The largest absolute Gasteiger partial charge is 0.497 e. The highest BCUT2D eigenvalue weighted by atomic mass is 16.5. The Morgan fingerprint density at radius 3 is 2.62 bits per heavy atom. The Hall–Kier alpha value is -3.02. The third kappa shape index (κ3) is 3.64. The van der Waals surface area contributed by atoms with Gasteiger partial charge in [0.1, 0.15) is 18.1 Å². The quantitative estimate of drug-likeness (QED) is 0.739. The van der Waals surface area contributed by atoms with Gasteiger partial charge in [-0.25, -0.2) is 4.79 Å². The molecule has 0 aliphatic heterocycles. The van der Waals surface area contributed by atoms with E-state index in [1.54, 1.807) is 7.11 Å². The van der Waals surface area contributed by atoms with Crippen molar-refractivity contribution in [2.24, 2.45) is 0 Å². The second kappa shape index (κ2) is 7.07. The first kappa shape index (κ1) is 17.8. The summed E-state index contributed by atoms with van der Waals surface area (Å²) in [4.78, 5) is 12.2. The molecule has 26 heavy (non-hydrogen) atoms. The molecule has 0 spiro atoms. The maximum Gasteiger partial charge on any atom is 0.408 e. The van der Waals surface area contributed by atoms with Crippen LogP contribution >= 0.6 is 0 Å².